The van der Waals surface area contributed by atoms with Crippen molar-refractivity contribution in [2.45, 2.75) is 12.8 Å². The Morgan fingerprint density at radius 1 is 1.24 bits per heavy atom. The minimum Gasteiger partial charge on any atom is -0.497 e. The first-order valence-electron chi connectivity index (χ1n) is 7.03. The summed E-state index contributed by atoms with van der Waals surface area (Å²) in [4.78, 5) is 14.5. The minimum atomic E-state index is -0.00610. The topological polar surface area (TPSA) is 55.6 Å². The van der Waals surface area contributed by atoms with Gasteiger partial charge in [0.25, 0.3) is 5.91 Å². The molecule has 3 rings (SSSR count). The number of carbonyl (C=O) groups is 1. The number of fused-ring (bicyclic) bond motifs is 1. The van der Waals surface area contributed by atoms with E-state index in [4.69, 9.17) is 10.5 Å². The Kier molecular flexibility index (Phi) is 3.52. The van der Waals surface area contributed by atoms with Crippen LogP contribution in [-0.2, 0) is 6.42 Å². The monoisotopic (exact) mass is 282 g/mol. The predicted molar refractivity (Wildman–Crippen MR) is 83.8 cm³/mol. The zero-order valence-corrected chi connectivity index (χ0v) is 12.0. The van der Waals surface area contributed by atoms with E-state index >= 15 is 0 Å². The van der Waals surface area contributed by atoms with Crippen molar-refractivity contribution in [1.82, 2.24) is 0 Å². The standard InChI is InChI=1S/C17H18N2O2/c1-21-15-7-8-16-12(11-15)5-3-9-19(16)17(20)13-4-2-6-14(18)10-13/h2,4,6-8,10-11H,3,5,9,18H2,1H3. The second kappa shape index (κ2) is 5.48. The van der Waals surface area contributed by atoms with Crippen LogP contribution in [0.5, 0.6) is 5.75 Å². The summed E-state index contributed by atoms with van der Waals surface area (Å²) in [6, 6.07) is 13.0. The Morgan fingerprint density at radius 3 is 2.86 bits per heavy atom. The quantitative estimate of drug-likeness (QED) is 0.862. The number of rotatable bonds is 2. The molecule has 0 bridgehead atoms. The average Bonchev–Trinajstić information content (AvgIpc) is 2.53. The molecule has 2 aromatic rings. The Bertz CT molecular complexity index is 682. The number of aryl methyl sites for hydroxylation is 1. The lowest BCUT2D eigenvalue weighted by atomic mass is 10.0. The first kappa shape index (κ1) is 13.5. The van der Waals surface area contributed by atoms with Gasteiger partial charge in [0.15, 0.2) is 0 Å². The molecule has 0 saturated heterocycles. The molecule has 0 fully saturated rings. The Hall–Kier alpha value is -2.49. The molecule has 0 radical (unpaired) electrons. The lowest BCUT2D eigenvalue weighted by Gasteiger charge is -2.30. The average molecular weight is 282 g/mol. The third-order valence-electron chi connectivity index (χ3n) is 3.78. The Balaban J connectivity index is 1.96. The van der Waals surface area contributed by atoms with E-state index in [-0.39, 0.29) is 5.91 Å². The molecule has 0 unspecified atom stereocenters. The fourth-order valence-corrected chi connectivity index (χ4v) is 2.74. The predicted octanol–water partition coefficient (Wildman–Crippen LogP) is 2.87. The van der Waals surface area contributed by atoms with Crippen molar-refractivity contribution in [2.75, 3.05) is 24.3 Å². The van der Waals surface area contributed by atoms with Crippen molar-refractivity contribution in [3.05, 3.63) is 53.6 Å². The van der Waals surface area contributed by atoms with Gasteiger partial charge < -0.3 is 15.4 Å². The second-order valence-electron chi connectivity index (χ2n) is 5.18. The zero-order chi connectivity index (χ0) is 14.8. The van der Waals surface area contributed by atoms with Gasteiger partial charge in [0.1, 0.15) is 5.75 Å². The van der Waals surface area contributed by atoms with Gasteiger partial charge in [-0.25, -0.2) is 0 Å². The summed E-state index contributed by atoms with van der Waals surface area (Å²) in [5.41, 5.74) is 9.12. The van der Waals surface area contributed by atoms with Crippen molar-refractivity contribution < 1.29 is 9.53 Å². The number of anilines is 2. The van der Waals surface area contributed by atoms with Crippen LogP contribution in [0.2, 0.25) is 0 Å². The molecule has 21 heavy (non-hydrogen) atoms. The summed E-state index contributed by atoms with van der Waals surface area (Å²) >= 11 is 0. The van der Waals surface area contributed by atoms with E-state index in [2.05, 4.69) is 0 Å². The smallest absolute Gasteiger partial charge is 0.258 e. The number of ether oxygens (including phenoxy) is 1. The van der Waals surface area contributed by atoms with E-state index in [1.807, 2.05) is 23.1 Å². The van der Waals surface area contributed by atoms with Crippen LogP contribution in [-0.4, -0.2) is 19.6 Å². The highest BCUT2D eigenvalue weighted by atomic mass is 16.5. The molecule has 108 valence electrons. The number of hydrogen-bond acceptors (Lipinski definition) is 3. The van der Waals surface area contributed by atoms with Crippen LogP contribution in [0, 0.1) is 0 Å². The van der Waals surface area contributed by atoms with Crippen molar-refractivity contribution in [2.24, 2.45) is 0 Å². The van der Waals surface area contributed by atoms with Crippen molar-refractivity contribution >= 4 is 17.3 Å². The molecule has 1 aliphatic heterocycles. The summed E-state index contributed by atoms with van der Waals surface area (Å²) in [6.07, 6.45) is 1.92. The number of carbonyl (C=O) groups excluding carboxylic acids is 1. The first-order valence-corrected chi connectivity index (χ1v) is 7.03. The number of nitrogen functional groups attached to an aromatic ring is 1. The normalized spacial score (nSPS) is 13.7. The SMILES string of the molecule is COc1ccc2c(c1)CCCN2C(=O)c1cccc(N)c1. The van der Waals surface area contributed by atoms with Gasteiger partial charge >= 0.3 is 0 Å². The maximum absolute atomic E-state index is 12.7. The third kappa shape index (κ3) is 2.57. The molecule has 1 aliphatic rings. The second-order valence-corrected chi connectivity index (χ2v) is 5.18. The first-order chi connectivity index (χ1) is 10.2. The zero-order valence-electron chi connectivity index (χ0n) is 12.0. The molecule has 0 aliphatic carbocycles. The molecule has 0 spiro atoms. The number of benzene rings is 2. The number of hydrogen-bond donors (Lipinski definition) is 1. The number of nitrogens with two attached hydrogens (primary N) is 1. The molecule has 4 nitrogen and oxygen atoms in total. The molecule has 1 heterocycles. The van der Waals surface area contributed by atoms with E-state index in [9.17, 15) is 4.79 Å². The number of amides is 1. The lowest BCUT2D eigenvalue weighted by Crippen LogP contribution is -2.35. The van der Waals surface area contributed by atoms with E-state index in [0.717, 1.165) is 36.4 Å². The highest BCUT2D eigenvalue weighted by Crippen LogP contribution is 2.31. The molecule has 0 atom stereocenters. The maximum Gasteiger partial charge on any atom is 0.258 e. The van der Waals surface area contributed by atoms with E-state index in [0.29, 0.717) is 11.3 Å². The summed E-state index contributed by atoms with van der Waals surface area (Å²) in [5.74, 6) is 0.820. The molecule has 2 N–H and O–H groups in total. The van der Waals surface area contributed by atoms with Gasteiger partial charge in [0.2, 0.25) is 0 Å². The highest BCUT2D eigenvalue weighted by Gasteiger charge is 2.23. The number of methoxy groups -OCH3 is 1. The van der Waals surface area contributed by atoms with E-state index in [1.54, 1.807) is 31.4 Å². The van der Waals surface area contributed by atoms with Crippen LogP contribution >= 0.6 is 0 Å². The van der Waals surface area contributed by atoms with E-state index < -0.39 is 0 Å². The molecule has 0 aromatic heterocycles. The summed E-state index contributed by atoms with van der Waals surface area (Å²) < 4.78 is 5.26. The highest BCUT2D eigenvalue weighted by molar-refractivity contribution is 6.07. The van der Waals surface area contributed by atoms with Gasteiger partial charge in [-0.15, -0.1) is 0 Å². The molecule has 1 amide bonds. The van der Waals surface area contributed by atoms with Crippen LogP contribution in [0.25, 0.3) is 0 Å². The van der Waals surface area contributed by atoms with Crippen molar-refractivity contribution in [3.63, 3.8) is 0 Å². The van der Waals surface area contributed by atoms with Crippen molar-refractivity contribution in [1.29, 1.82) is 0 Å². The molecular weight excluding hydrogens is 264 g/mol. The summed E-state index contributed by atoms with van der Waals surface area (Å²) in [7, 11) is 1.65. The van der Waals surface area contributed by atoms with Crippen LogP contribution in [0.4, 0.5) is 11.4 Å². The fourth-order valence-electron chi connectivity index (χ4n) is 2.74. The Morgan fingerprint density at radius 2 is 2.10 bits per heavy atom. The molecule has 2 aromatic carbocycles. The summed E-state index contributed by atoms with van der Waals surface area (Å²) in [6.45, 7) is 0.729. The maximum atomic E-state index is 12.7. The molecule has 4 heteroatoms. The van der Waals surface area contributed by atoms with Crippen LogP contribution in [0.3, 0.4) is 0 Å². The van der Waals surface area contributed by atoms with Gasteiger partial charge in [-0.2, -0.15) is 0 Å². The van der Waals surface area contributed by atoms with Gasteiger partial charge in [-0.05, 0) is 54.8 Å². The number of nitrogens with zero attached hydrogens (tertiary/aromatic N) is 1. The lowest BCUT2D eigenvalue weighted by molar-refractivity contribution is 0.0985. The summed E-state index contributed by atoms with van der Waals surface area (Å²) in [5, 5.41) is 0. The van der Waals surface area contributed by atoms with Gasteiger partial charge in [0, 0.05) is 23.5 Å². The van der Waals surface area contributed by atoms with Crippen LogP contribution < -0.4 is 15.4 Å². The third-order valence-corrected chi connectivity index (χ3v) is 3.78. The molecular formula is C17H18N2O2. The van der Waals surface area contributed by atoms with Gasteiger partial charge in [-0.1, -0.05) is 6.07 Å². The van der Waals surface area contributed by atoms with Gasteiger partial charge in [0.05, 0.1) is 7.11 Å². The van der Waals surface area contributed by atoms with Gasteiger partial charge in [-0.3, -0.25) is 4.79 Å². The van der Waals surface area contributed by atoms with Crippen molar-refractivity contribution in [3.8, 4) is 5.75 Å². The van der Waals surface area contributed by atoms with E-state index in [1.165, 1.54) is 0 Å². The fraction of sp³-hybridized carbons (Fsp3) is 0.235. The Labute approximate surface area is 124 Å². The van der Waals surface area contributed by atoms with Crippen LogP contribution in [0.1, 0.15) is 22.3 Å². The molecule has 0 saturated carbocycles. The van der Waals surface area contributed by atoms with Crippen LogP contribution in [0.15, 0.2) is 42.5 Å². The largest absolute Gasteiger partial charge is 0.497 e. The minimum absolute atomic E-state index is 0.00610.